The molecular weight excluding hydrogens is 362 g/mol. The summed E-state index contributed by atoms with van der Waals surface area (Å²) < 4.78 is 3.96. The molecule has 1 N–H and O–H groups in total. The molecule has 3 aromatic rings. The zero-order valence-corrected chi connectivity index (χ0v) is 15.2. The SMILES string of the molecule is CCCNC(Cc1ccc(Br)cc1)c1cc2sccc2s1. The van der Waals surface area contributed by atoms with Crippen LogP contribution in [0.1, 0.15) is 29.8 Å². The van der Waals surface area contributed by atoms with Gasteiger partial charge in [-0.1, -0.05) is 35.0 Å². The molecule has 1 unspecified atom stereocenters. The Balaban J connectivity index is 1.82. The van der Waals surface area contributed by atoms with Crippen LogP contribution in [0.3, 0.4) is 0 Å². The fourth-order valence-corrected chi connectivity index (χ4v) is 4.86. The van der Waals surface area contributed by atoms with Gasteiger partial charge in [-0.15, -0.1) is 22.7 Å². The van der Waals surface area contributed by atoms with E-state index >= 15 is 0 Å². The second-order valence-electron chi connectivity index (χ2n) is 5.14. The summed E-state index contributed by atoms with van der Waals surface area (Å²) in [6, 6.07) is 13.7. The van der Waals surface area contributed by atoms with Crippen LogP contribution < -0.4 is 5.32 Å². The van der Waals surface area contributed by atoms with Crippen LogP contribution in [0.2, 0.25) is 0 Å². The Morgan fingerprint density at radius 2 is 1.95 bits per heavy atom. The van der Waals surface area contributed by atoms with Gasteiger partial charge in [-0.3, -0.25) is 0 Å². The fraction of sp³-hybridized carbons (Fsp3) is 0.294. The van der Waals surface area contributed by atoms with Crippen molar-refractivity contribution in [2.24, 2.45) is 0 Å². The number of hydrogen-bond acceptors (Lipinski definition) is 3. The van der Waals surface area contributed by atoms with Gasteiger partial charge >= 0.3 is 0 Å². The number of thiophene rings is 2. The number of halogens is 1. The lowest BCUT2D eigenvalue weighted by Gasteiger charge is -2.17. The van der Waals surface area contributed by atoms with E-state index in [1.807, 2.05) is 22.7 Å². The van der Waals surface area contributed by atoms with E-state index in [1.165, 1.54) is 19.8 Å². The van der Waals surface area contributed by atoms with Gasteiger partial charge in [0.15, 0.2) is 0 Å². The van der Waals surface area contributed by atoms with Crippen LogP contribution in [0.15, 0.2) is 46.3 Å². The highest BCUT2D eigenvalue weighted by Gasteiger charge is 2.15. The van der Waals surface area contributed by atoms with Gasteiger partial charge in [0.1, 0.15) is 0 Å². The van der Waals surface area contributed by atoms with Gasteiger partial charge in [-0.05, 0) is 54.6 Å². The first-order chi connectivity index (χ1) is 10.3. The van der Waals surface area contributed by atoms with Gasteiger partial charge in [0, 0.05) is 24.8 Å². The van der Waals surface area contributed by atoms with Crippen molar-refractivity contribution in [1.82, 2.24) is 5.32 Å². The maximum Gasteiger partial charge on any atom is 0.0456 e. The van der Waals surface area contributed by atoms with E-state index in [-0.39, 0.29) is 0 Å². The van der Waals surface area contributed by atoms with Crippen LogP contribution in [-0.2, 0) is 6.42 Å². The molecule has 1 aromatic carbocycles. The Hall–Kier alpha value is -0.680. The first kappa shape index (κ1) is 15.2. The second-order valence-corrected chi connectivity index (χ2v) is 8.11. The van der Waals surface area contributed by atoms with Crippen molar-refractivity contribution in [3.05, 3.63) is 56.7 Å². The molecule has 1 atom stereocenters. The van der Waals surface area contributed by atoms with Gasteiger partial charge in [0.05, 0.1) is 0 Å². The summed E-state index contributed by atoms with van der Waals surface area (Å²) in [5.41, 5.74) is 1.38. The summed E-state index contributed by atoms with van der Waals surface area (Å²) >= 11 is 7.26. The molecule has 2 heterocycles. The standard InChI is InChI=1S/C17H18BrNS2/c1-2-8-19-14(10-12-3-5-13(18)6-4-12)16-11-17-15(21-16)7-9-20-17/h3-7,9,11,14,19H,2,8,10H2,1H3. The quantitative estimate of drug-likeness (QED) is 0.552. The van der Waals surface area contributed by atoms with E-state index in [0.717, 1.165) is 23.9 Å². The molecule has 0 saturated heterocycles. The van der Waals surface area contributed by atoms with Crippen LogP contribution in [0.25, 0.3) is 9.40 Å². The molecule has 0 amide bonds. The fourth-order valence-electron chi connectivity index (χ4n) is 2.40. The van der Waals surface area contributed by atoms with Gasteiger partial charge in [0.2, 0.25) is 0 Å². The monoisotopic (exact) mass is 379 g/mol. The van der Waals surface area contributed by atoms with Gasteiger partial charge in [-0.2, -0.15) is 0 Å². The highest BCUT2D eigenvalue weighted by atomic mass is 79.9. The Morgan fingerprint density at radius 3 is 2.67 bits per heavy atom. The molecule has 0 aliphatic rings. The maximum atomic E-state index is 3.70. The zero-order chi connectivity index (χ0) is 14.7. The second kappa shape index (κ2) is 7.05. The van der Waals surface area contributed by atoms with Crippen molar-refractivity contribution < 1.29 is 0 Å². The summed E-state index contributed by atoms with van der Waals surface area (Å²) in [5, 5.41) is 5.88. The summed E-state index contributed by atoms with van der Waals surface area (Å²) in [7, 11) is 0. The van der Waals surface area contributed by atoms with Crippen LogP contribution >= 0.6 is 38.6 Å². The summed E-state index contributed by atoms with van der Waals surface area (Å²) in [6.07, 6.45) is 2.21. The summed E-state index contributed by atoms with van der Waals surface area (Å²) in [4.78, 5) is 1.45. The molecular formula is C17H18BrNS2. The lowest BCUT2D eigenvalue weighted by Crippen LogP contribution is -2.23. The number of nitrogens with one attached hydrogen (secondary N) is 1. The Kier molecular flexibility index (Phi) is 5.11. The molecule has 0 bridgehead atoms. The molecule has 21 heavy (non-hydrogen) atoms. The Morgan fingerprint density at radius 1 is 1.14 bits per heavy atom. The molecule has 3 rings (SSSR count). The average Bonchev–Trinajstić information content (AvgIpc) is 3.06. The van der Waals surface area contributed by atoms with Crippen LogP contribution in [0.4, 0.5) is 0 Å². The lowest BCUT2D eigenvalue weighted by molar-refractivity contribution is 0.537. The van der Waals surface area contributed by atoms with Crippen molar-refractivity contribution in [1.29, 1.82) is 0 Å². The largest absolute Gasteiger partial charge is 0.309 e. The Bertz CT molecular complexity index is 670. The van der Waals surface area contributed by atoms with Crippen molar-refractivity contribution in [3.63, 3.8) is 0 Å². The van der Waals surface area contributed by atoms with Crippen molar-refractivity contribution >= 4 is 48.0 Å². The zero-order valence-electron chi connectivity index (χ0n) is 11.9. The number of benzene rings is 1. The molecule has 110 valence electrons. The minimum atomic E-state index is 0.413. The molecule has 0 saturated carbocycles. The summed E-state index contributed by atoms with van der Waals surface area (Å²) in [6.45, 7) is 3.28. The first-order valence-corrected chi connectivity index (χ1v) is 9.70. The van der Waals surface area contributed by atoms with Gasteiger partial charge < -0.3 is 5.32 Å². The third kappa shape index (κ3) is 3.75. The lowest BCUT2D eigenvalue weighted by atomic mass is 10.0. The smallest absolute Gasteiger partial charge is 0.0456 e. The molecule has 1 nitrogen and oxygen atoms in total. The van der Waals surface area contributed by atoms with Crippen LogP contribution in [0.5, 0.6) is 0 Å². The van der Waals surface area contributed by atoms with Gasteiger partial charge in [0.25, 0.3) is 0 Å². The topological polar surface area (TPSA) is 12.0 Å². The van der Waals surface area contributed by atoms with E-state index in [1.54, 1.807) is 0 Å². The van der Waals surface area contributed by atoms with E-state index in [2.05, 4.69) is 69.9 Å². The highest BCUT2D eigenvalue weighted by molar-refractivity contribution is 9.10. The van der Waals surface area contributed by atoms with E-state index < -0.39 is 0 Å². The van der Waals surface area contributed by atoms with Gasteiger partial charge in [-0.25, -0.2) is 0 Å². The van der Waals surface area contributed by atoms with E-state index in [0.29, 0.717) is 6.04 Å². The predicted molar refractivity (Wildman–Crippen MR) is 98.6 cm³/mol. The van der Waals surface area contributed by atoms with Crippen molar-refractivity contribution in [2.45, 2.75) is 25.8 Å². The molecule has 4 heteroatoms. The minimum absolute atomic E-state index is 0.413. The van der Waals surface area contributed by atoms with Crippen LogP contribution in [0, 0.1) is 0 Å². The molecule has 0 spiro atoms. The summed E-state index contributed by atoms with van der Waals surface area (Å²) in [5.74, 6) is 0. The average molecular weight is 380 g/mol. The van der Waals surface area contributed by atoms with E-state index in [9.17, 15) is 0 Å². The molecule has 0 aliphatic heterocycles. The van der Waals surface area contributed by atoms with Crippen molar-refractivity contribution in [2.75, 3.05) is 6.54 Å². The number of hydrogen-bond donors (Lipinski definition) is 1. The van der Waals surface area contributed by atoms with Crippen LogP contribution in [-0.4, -0.2) is 6.54 Å². The highest BCUT2D eigenvalue weighted by Crippen LogP contribution is 2.34. The first-order valence-electron chi connectivity index (χ1n) is 7.21. The number of rotatable bonds is 6. The predicted octanol–water partition coefficient (Wildman–Crippen LogP) is 6.01. The maximum absolute atomic E-state index is 3.70. The Labute approximate surface area is 142 Å². The third-order valence-electron chi connectivity index (χ3n) is 3.50. The van der Waals surface area contributed by atoms with Crippen molar-refractivity contribution in [3.8, 4) is 0 Å². The normalized spacial score (nSPS) is 12.9. The molecule has 0 fully saturated rings. The number of fused-ring (bicyclic) bond motifs is 1. The molecule has 0 radical (unpaired) electrons. The molecule has 0 aliphatic carbocycles. The molecule has 2 aromatic heterocycles. The third-order valence-corrected chi connectivity index (χ3v) is 6.23. The van der Waals surface area contributed by atoms with E-state index in [4.69, 9.17) is 0 Å². The minimum Gasteiger partial charge on any atom is -0.309 e.